The van der Waals surface area contributed by atoms with E-state index in [1.54, 1.807) is 13.0 Å². The SMILES string of the molecule is CC(N)c1ccc(-n2cc(C(F)(F)F)cn2)c(F)c1. The molecule has 0 aliphatic heterocycles. The quantitative estimate of drug-likeness (QED) is 0.855. The highest BCUT2D eigenvalue weighted by atomic mass is 19.4. The minimum atomic E-state index is -4.50. The van der Waals surface area contributed by atoms with E-state index < -0.39 is 17.6 Å². The number of alkyl halides is 3. The van der Waals surface area contributed by atoms with Gasteiger partial charge >= 0.3 is 6.18 Å². The molecule has 7 heteroatoms. The molecule has 19 heavy (non-hydrogen) atoms. The number of aromatic nitrogens is 2. The molecule has 1 aromatic carbocycles. The molecule has 1 atom stereocenters. The lowest BCUT2D eigenvalue weighted by Gasteiger charge is -2.08. The summed E-state index contributed by atoms with van der Waals surface area (Å²) in [6, 6.07) is 3.74. The number of benzene rings is 1. The topological polar surface area (TPSA) is 43.8 Å². The van der Waals surface area contributed by atoms with Crippen LogP contribution >= 0.6 is 0 Å². The highest BCUT2D eigenvalue weighted by Crippen LogP contribution is 2.29. The van der Waals surface area contributed by atoms with Gasteiger partial charge in [0.15, 0.2) is 0 Å². The van der Waals surface area contributed by atoms with Crippen LogP contribution in [-0.2, 0) is 6.18 Å². The molecule has 2 rings (SSSR count). The summed E-state index contributed by atoms with van der Waals surface area (Å²) >= 11 is 0. The Morgan fingerprint density at radius 2 is 2.00 bits per heavy atom. The minimum absolute atomic E-state index is 0.0556. The summed E-state index contributed by atoms with van der Waals surface area (Å²) in [6.45, 7) is 1.68. The molecular weight excluding hydrogens is 262 g/mol. The molecule has 0 radical (unpaired) electrons. The molecule has 1 unspecified atom stereocenters. The first kappa shape index (κ1) is 13.5. The van der Waals surface area contributed by atoms with Crippen molar-refractivity contribution in [2.45, 2.75) is 19.1 Å². The van der Waals surface area contributed by atoms with Crippen molar-refractivity contribution in [1.82, 2.24) is 9.78 Å². The number of halogens is 4. The third kappa shape index (κ3) is 2.76. The molecule has 2 aromatic rings. The molecule has 0 bridgehead atoms. The van der Waals surface area contributed by atoms with Crippen molar-refractivity contribution in [2.75, 3.05) is 0 Å². The molecule has 0 fully saturated rings. The molecule has 0 spiro atoms. The highest BCUT2D eigenvalue weighted by Gasteiger charge is 2.32. The van der Waals surface area contributed by atoms with Crippen molar-refractivity contribution in [1.29, 1.82) is 0 Å². The largest absolute Gasteiger partial charge is 0.419 e. The van der Waals surface area contributed by atoms with E-state index in [4.69, 9.17) is 5.73 Å². The molecule has 0 saturated carbocycles. The smallest absolute Gasteiger partial charge is 0.324 e. The molecule has 1 aromatic heterocycles. The van der Waals surface area contributed by atoms with Gasteiger partial charge in [-0.25, -0.2) is 9.07 Å². The van der Waals surface area contributed by atoms with E-state index in [0.717, 1.165) is 10.9 Å². The molecule has 102 valence electrons. The van der Waals surface area contributed by atoms with Gasteiger partial charge in [0.1, 0.15) is 11.5 Å². The Labute approximate surface area is 106 Å². The van der Waals surface area contributed by atoms with Crippen LogP contribution in [0.3, 0.4) is 0 Å². The first-order chi connectivity index (χ1) is 8.79. The van der Waals surface area contributed by atoms with Gasteiger partial charge in [0.25, 0.3) is 0 Å². The number of rotatable bonds is 2. The lowest BCUT2D eigenvalue weighted by atomic mass is 10.1. The Bertz CT molecular complexity index is 587. The Morgan fingerprint density at radius 3 is 2.47 bits per heavy atom. The fourth-order valence-corrected chi connectivity index (χ4v) is 1.59. The number of hydrogen-bond donors (Lipinski definition) is 1. The second kappa shape index (κ2) is 4.65. The Balaban J connectivity index is 2.40. The zero-order valence-corrected chi connectivity index (χ0v) is 9.95. The standard InChI is InChI=1S/C12H11F4N3/c1-7(17)8-2-3-11(10(13)4-8)19-6-9(5-18-19)12(14,15)16/h2-7H,17H2,1H3. The Morgan fingerprint density at radius 1 is 1.32 bits per heavy atom. The maximum Gasteiger partial charge on any atom is 0.419 e. The van der Waals surface area contributed by atoms with Gasteiger partial charge in [0, 0.05) is 12.2 Å². The van der Waals surface area contributed by atoms with Gasteiger partial charge in [0.2, 0.25) is 0 Å². The summed E-state index contributed by atoms with van der Waals surface area (Å²) in [5.41, 5.74) is 5.17. The van der Waals surface area contributed by atoms with Crippen molar-refractivity contribution >= 4 is 0 Å². The highest BCUT2D eigenvalue weighted by molar-refractivity contribution is 5.37. The Kier molecular flexibility index (Phi) is 3.32. The number of hydrogen-bond acceptors (Lipinski definition) is 2. The van der Waals surface area contributed by atoms with Gasteiger partial charge in [-0.3, -0.25) is 0 Å². The molecule has 0 aliphatic rings. The van der Waals surface area contributed by atoms with Crippen LogP contribution in [0.1, 0.15) is 24.1 Å². The average Bonchev–Trinajstić information content (AvgIpc) is 2.77. The maximum absolute atomic E-state index is 13.8. The van der Waals surface area contributed by atoms with Crippen LogP contribution in [0.4, 0.5) is 17.6 Å². The average molecular weight is 273 g/mol. The van der Waals surface area contributed by atoms with Crippen molar-refractivity contribution in [2.24, 2.45) is 5.73 Å². The third-order valence-electron chi connectivity index (χ3n) is 2.65. The normalized spacial score (nSPS) is 13.6. The summed E-state index contributed by atoms with van der Waals surface area (Å²) in [7, 11) is 0. The van der Waals surface area contributed by atoms with Crippen LogP contribution < -0.4 is 5.73 Å². The van der Waals surface area contributed by atoms with Crippen LogP contribution in [0.2, 0.25) is 0 Å². The monoisotopic (exact) mass is 273 g/mol. The van der Waals surface area contributed by atoms with Gasteiger partial charge in [-0.2, -0.15) is 18.3 Å². The lowest BCUT2D eigenvalue weighted by molar-refractivity contribution is -0.137. The summed E-state index contributed by atoms with van der Waals surface area (Å²) < 4.78 is 51.9. The summed E-state index contributed by atoms with van der Waals surface area (Å²) in [5.74, 6) is -0.674. The summed E-state index contributed by atoms with van der Waals surface area (Å²) in [6.07, 6.45) is -3.11. The van der Waals surface area contributed by atoms with Gasteiger partial charge < -0.3 is 5.73 Å². The molecule has 0 aliphatic carbocycles. The van der Waals surface area contributed by atoms with Gasteiger partial charge in [-0.1, -0.05) is 6.07 Å². The van der Waals surface area contributed by atoms with E-state index in [2.05, 4.69) is 5.10 Å². The first-order valence-electron chi connectivity index (χ1n) is 5.46. The van der Waals surface area contributed by atoms with Crippen LogP contribution in [0.25, 0.3) is 5.69 Å². The second-order valence-corrected chi connectivity index (χ2v) is 4.17. The molecule has 1 heterocycles. The summed E-state index contributed by atoms with van der Waals surface area (Å²) in [4.78, 5) is 0. The van der Waals surface area contributed by atoms with Crippen LogP contribution in [0, 0.1) is 5.82 Å². The maximum atomic E-state index is 13.8. The van der Waals surface area contributed by atoms with E-state index >= 15 is 0 Å². The van der Waals surface area contributed by atoms with Crippen LogP contribution in [-0.4, -0.2) is 9.78 Å². The molecular formula is C12H11F4N3. The van der Waals surface area contributed by atoms with Crippen molar-refractivity contribution in [3.8, 4) is 5.69 Å². The zero-order chi connectivity index (χ0) is 14.2. The second-order valence-electron chi connectivity index (χ2n) is 4.17. The molecule has 3 nitrogen and oxygen atoms in total. The van der Waals surface area contributed by atoms with E-state index in [1.807, 2.05) is 0 Å². The number of nitrogens with two attached hydrogens (primary N) is 1. The van der Waals surface area contributed by atoms with Crippen molar-refractivity contribution < 1.29 is 17.6 Å². The van der Waals surface area contributed by atoms with Crippen LogP contribution in [0.15, 0.2) is 30.6 Å². The van der Waals surface area contributed by atoms with Gasteiger partial charge in [-0.15, -0.1) is 0 Å². The minimum Gasteiger partial charge on any atom is -0.324 e. The molecule has 0 amide bonds. The summed E-state index contributed by atoms with van der Waals surface area (Å²) in [5, 5.41) is 3.51. The van der Waals surface area contributed by atoms with E-state index in [1.165, 1.54) is 12.1 Å². The molecule has 0 saturated heterocycles. The zero-order valence-electron chi connectivity index (χ0n) is 9.95. The van der Waals surface area contributed by atoms with Crippen molar-refractivity contribution in [3.05, 3.63) is 47.5 Å². The lowest BCUT2D eigenvalue weighted by Crippen LogP contribution is -2.07. The van der Waals surface area contributed by atoms with E-state index in [-0.39, 0.29) is 11.7 Å². The third-order valence-corrected chi connectivity index (χ3v) is 2.65. The van der Waals surface area contributed by atoms with E-state index in [0.29, 0.717) is 11.8 Å². The predicted molar refractivity (Wildman–Crippen MR) is 61.1 cm³/mol. The number of nitrogens with zero attached hydrogens (tertiary/aromatic N) is 2. The van der Waals surface area contributed by atoms with E-state index in [9.17, 15) is 17.6 Å². The van der Waals surface area contributed by atoms with Gasteiger partial charge in [-0.05, 0) is 24.6 Å². The Hall–Kier alpha value is -1.89. The fraction of sp³-hybridized carbons (Fsp3) is 0.250. The molecule has 2 N–H and O–H groups in total. The fourth-order valence-electron chi connectivity index (χ4n) is 1.59. The van der Waals surface area contributed by atoms with Crippen molar-refractivity contribution in [3.63, 3.8) is 0 Å². The van der Waals surface area contributed by atoms with Crippen LogP contribution in [0.5, 0.6) is 0 Å². The first-order valence-corrected chi connectivity index (χ1v) is 5.46. The predicted octanol–water partition coefficient (Wildman–Crippen LogP) is 3.05. The van der Waals surface area contributed by atoms with Gasteiger partial charge in [0.05, 0.1) is 11.8 Å².